The van der Waals surface area contributed by atoms with Crippen LogP contribution in [0, 0.1) is 13.8 Å². The predicted octanol–water partition coefficient (Wildman–Crippen LogP) is 4.24. The minimum absolute atomic E-state index is 0.0920. The van der Waals surface area contributed by atoms with Crippen LogP contribution in [0.25, 0.3) is 0 Å². The normalized spacial score (nSPS) is 11.5. The molecule has 0 aliphatic heterocycles. The average molecular weight is 445 g/mol. The lowest BCUT2D eigenvalue weighted by atomic mass is 10.0. The van der Waals surface area contributed by atoms with E-state index in [0.29, 0.717) is 18.7 Å². The van der Waals surface area contributed by atoms with Gasteiger partial charge in [0, 0.05) is 20.0 Å². The lowest BCUT2D eigenvalue weighted by molar-refractivity contribution is -0.140. The molecule has 0 heterocycles. The van der Waals surface area contributed by atoms with E-state index in [4.69, 9.17) is 4.74 Å². The van der Waals surface area contributed by atoms with Gasteiger partial charge in [0.05, 0.1) is 13.5 Å². The van der Waals surface area contributed by atoms with Crippen molar-refractivity contribution in [2.24, 2.45) is 0 Å². The van der Waals surface area contributed by atoms with E-state index in [-0.39, 0.29) is 18.2 Å². The molecule has 2 amide bonds. The molecule has 33 heavy (non-hydrogen) atoms. The Labute approximate surface area is 196 Å². The molecule has 172 valence electrons. The summed E-state index contributed by atoms with van der Waals surface area (Å²) in [7, 11) is 3.22. The zero-order chi connectivity index (χ0) is 23.8. The highest BCUT2D eigenvalue weighted by atomic mass is 16.5. The van der Waals surface area contributed by atoms with Crippen molar-refractivity contribution in [2.75, 3.05) is 14.2 Å². The second kappa shape index (κ2) is 11.3. The molecule has 0 aromatic heterocycles. The molecule has 1 N–H and O–H groups in total. The number of methoxy groups -OCH3 is 1. The Bertz CT molecular complexity index is 1100. The van der Waals surface area contributed by atoms with Gasteiger partial charge >= 0.3 is 0 Å². The summed E-state index contributed by atoms with van der Waals surface area (Å²) in [6, 6.07) is 22.8. The van der Waals surface area contributed by atoms with Crippen molar-refractivity contribution in [3.05, 3.63) is 101 Å². The molecular formula is C28H32N2O3. The maximum absolute atomic E-state index is 13.6. The molecule has 5 heteroatoms. The largest absolute Gasteiger partial charge is 0.497 e. The molecule has 3 rings (SSSR count). The van der Waals surface area contributed by atoms with Crippen molar-refractivity contribution >= 4 is 11.8 Å². The summed E-state index contributed by atoms with van der Waals surface area (Å²) >= 11 is 0. The van der Waals surface area contributed by atoms with Gasteiger partial charge in [-0.05, 0) is 53.8 Å². The van der Waals surface area contributed by atoms with Crippen LogP contribution in [0.1, 0.15) is 27.8 Å². The average Bonchev–Trinajstić information content (AvgIpc) is 2.83. The first-order valence-corrected chi connectivity index (χ1v) is 11.1. The third kappa shape index (κ3) is 6.45. The highest BCUT2D eigenvalue weighted by Crippen LogP contribution is 2.20. The zero-order valence-electron chi connectivity index (χ0n) is 19.8. The molecule has 1 atom stereocenters. The van der Waals surface area contributed by atoms with Crippen molar-refractivity contribution < 1.29 is 14.3 Å². The first-order valence-electron chi connectivity index (χ1n) is 11.1. The smallest absolute Gasteiger partial charge is 0.242 e. The fourth-order valence-corrected chi connectivity index (χ4v) is 3.88. The number of amides is 2. The summed E-state index contributed by atoms with van der Waals surface area (Å²) < 4.78 is 5.36. The summed E-state index contributed by atoms with van der Waals surface area (Å²) in [6.07, 6.45) is 0.663. The number of rotatable bonds is 9. The number of nitrogens with one attached hydrogen (secondary N) is 1. The lowest BCUT2D eigenvalue weighted by Gasteiger charge is -2.31. The molecule has 0 saturated carbocycles. The van der Waals surface area contributed by atoms with Crippen LogP contribution in [-0.2, 0) is 29.0 Å². The summed E-state index contributed by atoms with van der Waals surface area (Å²) in [5, 5.41) is 2.75. The number of likely N-dealkylation sites (N-methyl/N-ethyl adjacent to an activating group) is 1. The third-order valence-corrected chi connectivity index (χ3v) is 5.93. The summed E-state index contributed by atoms with van der Waals surface area (Å²) in [5.41, 5.74) is 5.18. The van der Waals surface area contributed by atoms with E-state index in [1.165, 1.54) is 5.56 Å². The van der Waals surface area contributed by atoms with E-state index < -0.39 is 6.04 Å². The predicted molar refractivity (Wildman–Crippen MR) is 131 cm³/mol. The van der Waals surface area contributed by atoms with Crippen molar-refractivity contribution in [3.8, 4) is 5.75 Å². The second-order valence-electron chi connectivity index (χ2n) is 8.29. The van der Waals surface area contributed by atoms with Crippen LogP contribution in [0.4, 0.5) is 0 Å². The van der Waals surface area contributed by atoms with Crippen molar-refractivity contribution in [3.63, 3.8) is 0 Å². The monoisotopic (exact) mass is 444 g/mol. The van der Waals surface area contributed by atoms with E-state index in [0.717, 1.165) is 22.3 Å². The number of nitrogens with zero attached hydrogens (tertiary/aromatic N) is 1. The fraction of sp³-hybridized carbons (Fsp3) is 0.286. The van der Waals surface area contributed by atoms with E-state index in [2.05, 4.69) is 12.2 Å². The van der Waals surface area contributed by atoms with Gasteiger partial charge in [-0.2, -0.15) is 0 Å². The van der Waals surface area contributed by atoms with E-state index >= 15 is 0 Å². The Kier molecular flexibility index (Phi) is 8.25. The lowest BCUT2D eigenvalue weighted by Crippen LogP contribution is -2.50. The SMILES string of the molecule is CNC(=O)C(Cc1ccccc1)N(Cc1cccc(OC)c1)C(=O)Cc1ccc(C)c(C)c1. The van der Waals surface area contributed by atoms with Crippen LogP contribution in [0.5, 0.6) is 5.75 Å². The van der Waals surface area contributed by atoms with Gasteiger partial charge in [0.1, 0.15) is 11.8 Å². The molecule has 0 aliphatic carbocycles. The van der Waals surface area contributed by atoms with Crippen LogP contribution >= 0.6 is 0 Å². The molecule has 0 radical (unpaired) electrons. The Morgan fingerprint density at radius 2 is 1.61 bits per heavy atom. The Balaban J connectivity index is 1.96. The quantitative estimate of drug-likeness (QED) is 0.537. The third-order valence-electron chi connectivity index (χ3n) is 5.93. The maximum atomic E-state index is 13.6. The molecule has 0 spiro atoms. The van der Waals surface area contributed by atoms with Crippen LogP contribution in [0.2, 0.25) is 0 Å². The number of carbonyl (C=O) groups excluding carboxylic acids is 2. The molecule has 0 aliphatic rings. The molecule has 5 nitrogen and oxygen atoms in total. The second-order valence-corrected chi connectivity index (χ2v) is 8.29. The summed E-state index contributed by atoms with van der Waals surface area (Å²) in [4.78, 5) is 28.3. The first-order chi connectivity index (χ1) is 15.9. The highest BCUT2D eigenvalue weighted by Gasteiger charge is 2.30. The molecule has 3 aromatic rings. The van der Waals surface area contributed by atoms with Gasteiger partial charge in [-0.3, -0.25) is 9.59 Å². The minimum atomic E-state index is -0.636. The molecule has 0 saturated heterocycles. The molecule has 0 fully saturated rings. The minimum Gasteiger partial charge on any atom is -0.497 e. The van der Waals surface area contributed by atoms with Crippen molar-refractivity contribution in [2.45, 2.75) is 39.3 Å². The topological polar surface area (TPSA) is 58.6 Å². The van der Waals surface area contributed by atoms with Gasteiger partial charge in [0.25, 0.3) is 0 Å². The maximum Gasteiger partial charge on any atom is 0.242 e. The Hall–Kier alpha value is -3.60. The number of hydrogen-bond donors (Lipinski definition) is 1. The van der Waals surface area contributed by atoms with Gasteiger partial charge in [-0.15, -0.1) is 0 Å². The zero-order valence-corrected chi connectivity index (χ0v) is 19.8. The van der Waals surface area contributed by atoms with Crippen molar-refractivity contribution in [1.82, 2.24) is 10.2 Å². The van der Waals surface area contributed by atoms with E-state index in [9.17, 15) is 9.59 Å². The number of carbonyl (C=O) groups is 2. The van der Waals surface area contributed by atoms with Gasteiger partial charge in [-0.25, -0.2) is 0 Å². The Morgan fingerprint density at radius 3 is 2.27 bits per heavy atom. The molecule has 0 bridgehead atoms. The van der Waals surface area contributed by atoms with Crippen LogP contribution in [-0.4, -0.2) is 36.9 Å². The van der Waals surface area contributed by atoms with Gasteiger partial charge < -0.3 is 15.0 Å². The fourth-order valence-electron chi connectivity index (χ4n) is 3.88. The van der Waals surface area contributed by atoms with Crippen molar-refractivity contribution in [1.29, 1.82) is 0 Å². The van der Waals surface area contributed by atoms with Crippen LogP contribution in [0.15, 0.2) is 72.8 Å². The number of benzene rings is 3. The first kappa shape index (κ1) is 24.1. The highest BCUT2D eigenvalue weighted by molar-refractivity contribution is 5.88. The summed E-state index contributed by atoms with van der Waals surface area (Å²) in [5.74, 6) is 0.439. The van der Waals surface area contributed by atoms with Gasteiger partial charge in [0.2, 0.25) is 11.8 Å². The number of aryl methyl sites for hydroxylation is 2. The Morgan fingerprint density at radius 1 is 0.879 bits per heavy atom. The summed E-state index contributed by atoms with van der Waals surface area (Å²) in [6.45, 7) is 4.41. The van der Waals surface area contributed by atoms with Gasteiger partial charge in [0.15, 0.2) is 0 Å². The molecular weight excluding hydrogens is 412 g/mol. The standard InChI is InChI=1S/C28H32N2O3/c1-20-13-14-23(15-21(20)2)18-27(31)30(19-24-11-8-12-25(16-24)33-4)26(28(32)29-3)17-22-9-6-5-7-10-22/h5-16,26H,17-19H2,1-4H3,(H,29,32). The van der Waals surface area contributed by atoms with Crippen LogP contribution < -0.4 is 10.1 Å². The molecule has 3 aromatic carbocycles. The van der Waals surface area contributed by atoms with E-state index in [1.807, 2.05) is 79.7 Å². The molecule has 1 unspecified atom stereocenters. The number of ether oxygens (including phenoxy) is 1. The van der Waals surface area contributed by atoms with Gasteiger partial charge in [-0.1, -0.05) is 60.7 Å². The van der Waals surface area contributed by atoms with E-state index in [1.54, 1.807) is 19.1 Å². The number of hydrogen-bond acceptors (Lipinski definition) is 3. The van der Waals surface area contributed by atoms with Crippen LogP contribution in [0.3, 0.4) is 0 Å².